The van der Waals surface area contributed by atoms with Crippen molar-refractivity contribution in [2.75, 3.05) is 36.4 Å². The van der Waals surface area contributed by atoms with E-state index in [-0.39, 0.29) is 15.3 Å². The molecule has 1 fully saturated rings. The van der Waals surface area contributed by atoms with Crippen LogP contribution in [0.2, 0.25) is 0 Å². The molecule has 1 amide bonds. The molecule has 0 bridgehead atoms. The highest BCUT2D eigenvalue weighted by molar-refractivity contribution is 7.22. The van der Waals surface area contributed by atoms with Gasteiger partial charge >= 0.3 is 0 Å². The Kier molecular flexibility index (Phi) is 4.90. The number of fused-ring (bicyclic) bond motifs is 1. The standard InChI is InChI=1S/C18H14F4N4OS/c19-9-5-13(22)16-14(6-9)28-18(24-16)25-17(27)15-11(20)7-10(8-12(15)21)26-3-1-23-2-4-26/h5-8,23H,1-4H2,(H,24,25,27). The third kappa shape index (κ3) is 3.52. The number of halogens is 4. The number of amides is 1. The summed E-state index contributed by atoms with van der Waals surface area (Å²) in [7, 11) is 0. The summed E-state index contributed by atoms with van der Waals surface area (Å²) in [5.74, 6) is -4.74. The number of benzene rings is 2. The molecular formula is C18H14F4N4OS. The van der Waals surface area contributed by atoms with Crippen LogP contribution in [0.5, 0.6) is 0 Å². The summed E-state index contributed by atoms with van der Waals surface area (Å²) in [5.41, 5.74) is -0.535. The quantitative estimate of drug-likeness (QED) is 0.649. The van der Waals surface area contributed by atoms with Gasteiger partial charge in [0, 0.05) is 37.9 Å². The summed E-state index contributed by atoms with van der Waals surface area (Å²) in [6.45, 7) is 2.58. The topological polar surface area (TPSA) is 57.3 Å². The maximum Gasteiger partial charge on any atom is 0.263 e. The van der Waals surface area contributed by atoms with Crippen LogP contribution in [-0.4, -0.2) is 37.1 Å². The van der Waals surface area contributed by atoms with E-state index in [1.807, 2.05) is 4.90 Å². The van der Waals surface area contributed by atoms with Crippen molar-refractivity contribution in [3.63, 3.8) is 0 Å². The van der Waals surface area contributed by atoms with E-state index in [1.54, 1.807) is 0 Å². The van der Waals surface area contributed by atoms with E-state index in [0.29, 0.717) is 37.9 Å². The van der Waals surface area contributed by atoms with Crippen LogP contribution in [0.25, 0.3) is 10.2 Å². The average molecular weight is 410 g/mol. The summed E-state index contributed by atoms with van der Waals surface area (Å²) >= 11 is 0.803. The summed E-state index contributed by atoms with van der Waals surface area (Å²) in [5, 5.41) is 5.30. The van der Waals surface area contributed by atoms with E-state index in [9.17, 15) is 22.4 Å². The first kappa shape index (κ1) is 18.6. The first-order valence-electron chi connectivity index (χ1n) is 8.44. The molecule has 0 atom stereocenters. The fraction of sp³-hybridized carbons (Fsp3) is 0.222. The predicted molar refractivity (Wildman–Crippen MR) is 98.9 cm³/mol. The van der Waals surface area contributed by atoms with Gasteiger partial charge < -0.3 is 10.2 Å². The zero-order valence-corrected chi connectivity index (χ0v) is 15.2. The Hall–Kier alpha value is -2.72. The van der Waals surface area contributed by atoms with Gasteiger partial charge in [-0.05, 0) is 18.2 Å². The van der Waals surface area contributed by atoms with Gasteiger partial charge in [-0.1, -0.05) is 11.3 Å². The van der Waals surface area contributed by atoms with Gasteiger partial charge in [-0.2, -0.15) is 0 Å². The van der Waals surface area contributed by atoms with Gasteiger partial charge in [-0.15, -0.1) is 0 Å². The van der Waals surface area contributed by atoms with Crippen LogP contribution < -0.4 is 15.5 Å². The van der Waals surface area contributed by atoms with Gasteiger partial charge in [0.05, 0.1) is 4.70 Å². The van der Waals surface area contributed by atoms with Crippen LogP contribution in [0.4, 0.5) is 28.4 Å². The Labute approximate surface area is 161 Å². The minimum absolute atomic E-state index is 0.0884. The van der Waals surface area contributed by atoms with E-state index in [4.69, 9.17) is 0 Å². The van der Waals surface area contributed by atoms with Crippen LogP contribution in [0.1, 0.15) is 10.4 Å². The number of carbonyl (C=O) groups is 1. The number of anilines is 2. The van der Waals surface area contributed by atoms with Crippen molar-refractivity contribution >= 4 is 38.3 Å². The molecule has 2 N–H and O–H groups in total. The van der Waals surface area contributed by atoms with Gasteiger partial charge in [0.15, 0.2) is 10.9 Å². The van der Waals surface area contributed by atoms with Crippen LogP contribution in [-0.2, 0) is 0 Å². The molecule has 0 spiro atoms. The Bertz CT molecular complexity index is 1040. The molecule has 3 aromatic rings. The maximum absolute atomic E-state index is 14.5. The molecule has 0 aliphatic carbocycles. The van der Waals surface area contributed by atoms with Gasteiger partial charge in [0.1, 0.15) is 28.5 Å². The SMILES string of the molecule is O=C(Nc1nc2c(F)cc(F)cc2s1)c1c(F)cc(N2CCNCC2)cc1F. The van der Waals surface area contributed by atoms with Gasteiger partial charge in [-0.25, -0.2) is 22.5 Å². The number of aromatic nitrogens is 1. The number of rotatable bonds is 3. The van der Waals surface area contributed by atoms with Crippen molar-refractivity contribution in [3.05, 3.63) is 53.1 Å². The van der Waals surface area contributed by atoms with Gasteiger partial charge in [0.2, 0.25) is 0 Å². The molecular weight excluding hydrogens is 396 g/mol. The van der Waals surface area contributed by atoms with E-state index >= 15 is 0 Å². The van der Waals surface area contributed by atoms with E-state index < -0.39 is 34.7 Å². The molecule has 1 aliphatic rings. The molecule has 0 saturated carbocycles. The van der Waals surface area contributed by atoms with Crippen molar-refractivity contribution in [1.29, 1.82) is 0 Å². The Morgan fingerprint density at radius 3 is 2.39 bits per heavy atom. The number of hydrogen-bond acceptors (Lipinski definition) is 5. The molecule has 2 heterocycles. The Morgan fingerprint density at radius 2 is 1.71 bits per heavy atom. The molecule has 0 unspecified atom stereocenters. The average Bonchev–Trinajstić information content (AvgIpc) is 3.04. The van der Waals surface area contributed by atoms with Crippen molar-refractivity contribution < 1.29 is 22.4 Å². The minimum Gasteiger partial charge on any atom is -0.369 e. The lowest BCUT2D eigenvalue weighted by Crippen LogP contribution is -2.43. The second-order valence-corrected chi connectivity index (χ2v) is 7.26. The van der Waals surface area contributed by atoms with Crippen molar-refractivity contribution in [3.8, 4) is 0 Å². The molecule has 5 nitrogen and oxygen atoms in total. The van der Waals surface area contributed by atoms with Crippen molar-refractivity contribution in [2.45, 2.75) is 0 Å². The number of nitrogens with one attached hydrogen (secondary N) is 2. The maximum atomic E-state index is 14.5. The molecule has 1 aromatic heterocycles. The molecule has 4 rings (SSSR count). The van der Waals surface area contributed by atoms with Crippen LogP contribution >= 0.6 is 11.3 Å². The molecule has 2 aromatic carbocycles. The summed E-state index contributed by atoms with van der Waals surface area (Å²) in [6.07, 6.45) is 0. The summed E-state index contributed by atoms with van der Waals surface area (Å²) < 4.78 is 56.1. The molecule has 28 heavy (non-hydrogen) atoms. The zero-order chi connectivity index (χ0) is 19.8. The first-order valence-corrected chi connectivity index (χ1v) is 9.25. The van der Waals surface area contributed by atoms with Crippen LogP contribution in [0, 0.1) is 23.3 Å². The van der Waals surface area contributed by atoms with Crippen LogP contribution in [0.15, 0.2) is 24.3 Å². The second kappa shape index (κ2) is 7.36. The lowest BCUT2D eigenvalue weighted by molar-refractivity contribution is 0.101. The van der Waals surface area contributed by atoms with E-state index in [0.717, 1.165) is 29.5 Å². The highest BCUT2D eigenvalue weighted by Crippen LogP contribution is 2.30. The molecule has 0 radical (unpaired) electrons. The predicted octanol–water partition coefficient (Wildman–Crippen LogP) is 3.51. The lowest BCUT2D eigenvalue weighted by Gasteiger charge is -2.29. The fourth-order valence-corrected chi connectivity index (χ4v) is 3.95. The molecule has 1 saturated heterocycles. The van der Waals surface area contributed by atoms with Crippen molar-refractivity contribution in [1.82, 2.24) is 10.3 Å². The molecule has 1 aliphatic heterocycles. The lowest BCUT2D eigenvalue weighted by atomic mass is 10.1. The normalized spacial score (nSPS) is 14.5. The third-order valence-corrected chi connectivity index (χ3v) is 5.29. The number of hydrogen-bond donors (Lipinski definition) is 2. The monoisotopic (exact) mass is 410 g/mol. The Morgan fingerprint density at radius 1 is 1.04 bits per heavy atom. The third-order valence-electron chi connectivity index (χ3n) is 4.37. The smallest absolute Gasteiger partial charge is 0.263 e. The minimum atomic E-state index is -1.05. The van der Waals surface area contributed by atoms with Gasteiger partial charge in [-0.3, -0.25) is 10.1 Å². The highest BCUT2D eigenvalue weighted by Gasteiger charge is 2.22. The number of nitrogens with zero attached hydrogens (tertiary/aromatic N) is 2. The summed E-state index contributed by atoms with van der Waals surface area (Å²) in [4.78, 5) is 18.0. The zero-order valence-electron chi connectivity index (χ0n) is 14.4. The first-order chi connectivity index (χ1) is 13.4. The molecule has 146 valence electrons. The number of carbonyl (C=O) groups excluding carboxylic acids is 1. The van der Waals surface area contributed by atoms with Gasteiger partial charge in [0.25, 0.3) is 5.91 Å². The van der Waals surface area contributed by atoms with Crippen LogP contribution in [0.3, 0.4) is 0 Å². The second-order valence-electron chi connectivity index (χ2n) is 6.23. The highest BCUT2D eigenvalue weighted by atomic mass is 32.1. The van der Waals surface area contributed by atoms with E-state index in [1.165, 1.54) is 0 Å². The largest absolute Gasteiger partial charge is 0.369 e. The van der Waals surface area contributed by atoms with Crippen molar-refractivity contribution in [2.24, 2.45) is 0 Å². The number of thiazole rings is 1. The fourth-order valence-electron chi connectivity index (χ4n) is 3.05. The molecule has 10 heteroatoms. The van der Waals surface area contributed by atoms with E-state index in [2.05, 4.69) is 15.6 Å². The number of piperazine rings is 1. The summed E-state index contributed by atoms with van der Waals surface area (Å²) in [6, 6.07) is 3.95. The Balaban J connectivity index is 1.60.